The number of fused-ring (bicyclic) bond motifs is 1. The average Bonchev–Trinajstić information content (AvgIpc) is 2.78. The second-order valence-corrected chi connectivity index (χ2v) is 7.35. The molecule has 3 aromatic rings. The number of para-hydroxylation sites is 1. The second-order valence-electron chi connectivity index (χ2n) is 7.35. The van der Waals surface area contributed by atoms with Crippen molar-refractivity contribution in [2.75, 3.05) is 18.0 Å². The zero-order chi connectivity index (χ0) is 20.9. The molecule has 152 valence electrons. The Labute approximate surface area is 175 Å². The van der Waals surface area contributed by atoms with Gasteiger partial charge in [0.1, 0.15) is 0 Å². The molecule has 1 aliphatic heterocycles. The molecule has 0 saturated heterocycles. The smallest absolute Gasteiger partial charge is 0.271 e. The summed E-state index contributed by atoms with van der Waals surface area (Å²) < 4.78 is 0. The van der Waals surface area contributed by atoms with Gasteiger partial charge in [0.15, 0.2) is 0 Å². The number of carbonyl (C=O) groups is 2. The van der Waals surface area contributed by atoms with Crippen LogP contribution in [0.4, 0.5) is 5.69 Å². The highest BCUT2D eigenvalue weighted by atomic mass is 16.2. The van der Waals surface area contributed by atoms with Gasteiger partial charge in [-0.15, -0.1) is 0 Å². The number of pyridine rings is 1. The van der Waals surface area contributed by atoms with Crippen LogP contribution >= 0.6 is 0 Å². The molecule has 0 radical (unpaired) electrons. The van der Waals surface area contributed by atoms with Gasteiger partial charge in [0.05, 0.1) is 23.5 Å². The molecule has 1 aliphatic rings. The number of nitrogens with zero attached hydrogens (tertiary/aromatic N) is 2. The van der Waals surface area contributed by atoms with Crippen molar-refractivity contribution in [1.82, 2.24) is 15.8 Å². The number of anilines is 1. The van der Waals surface area contributed by atoms with Crippen molar-refractivity contribution in [2.24, 2.45) is 0 Å². The van der Waals surface area contributed by atoms with Crippen LogP contribution in [0.5, 0.6) is 0 Å². The van der Waals surface area contributed by atoms with Gasteiger partial charge in [0.2, 0.25) is 0 Å². The SMILES string of the molecule is Cc1nc(-c2ccccc2)ccc1C(=O)NNC(=O)CN1CCCc2ccccc21. The van der Waals surface area contributed by atoms with Crippen molar-refractivity contribution >= 4 is 17.5 Å². The van der Waals surface area contributed by atoms with Crippen LogP contribution in [0.3, 0.4) is 0 Å². The first-order chi connectivity index (χ1) is 14.6. The molecule has 0 aliphatic carbocycles. The number of nitrogens with one attached hydrogen (secondary N) is 2. The lowest BCUT2D eigenvalue weighted by molar-refractivity contribution is -0.120. The number of hydrogen-bond acceptors (Lipinski definition) is 4. The number of benzene rings is 2. The van der Waals surface area contributed by atoms with Gasteiger partial charge in [-0.05, 0) is 43.5 Å². The molecule has 0 fully saturated rings. The molecule has 0 saturated carbocycles. The Bertz CT molecular complexity index is 1070. The molecular formula is C24H24N4O2. The van der Waals surface area contributed by atoms with E-state index >= 15 is 0 Å². The van der Waals surface area contributed by atoms with E-state index in [9.17, 15) is 9.59 Å². The number of aromatic nitrogens is 1. The highest BCUT2D eigenvalue weighted by Crippen LogP contribution is 2.26. The average molecular weight is 400 g/mol. The van der Waals surface area contributed by atoms with Gasteiger partial charge in [0, 0.05) is 17.8 Å². The topological polar surface area (TPSA) is 74.3 Å². The number of rotatable bonds is 4. The minimum atomic E-state index is -0.382. The summed E-state index contributed by atoms with van der Waals surface area (Å²) in [4.78, 5) is 31.5. The Morgan fingerprint density at radius 2 is 1.73 bits per heavy atom. The number of hydrazine groups is 1. The summed E-state index contributed by atoms with van der Waals surface area (Å²) >= 11 is 0. The quantitative estimate of drug-likeness (QED) is 0.659. The lowest BCUT2D eigenvalue weighted by Crippen LogP contribution is -2.47. The van der Waals surface area contributed by atoms with E-state index in [2.05, 4.69) is 21.9 Å². The monoisotopic (exact) mass is 400 g/mol. The van der Waals surface area contributed by atoms with Crippen molar-refractivity contribution < 1.29 is 9.59 Å². The van der Waals surface area contributed by atoms with Crippen LogP contribution in [0.2, 0.25) is 0 Å². The third-order valence-electron chi connectivity index (χ3n) is 5.26. The fourth-order valence-electron chi connectivity index (χ4n) is 3.75. The minimum absolute atomic E-state index is 0.196. The molecule has 6 nitrogen and oxygen atoms in total. The first-order valence-electron chi connectivity index (χ1n) is 10.1. The zero-order valence-electron chi connectivity index (χ0n) is 16.9. The fourth-order valence-corrected chi connectivity index (χ4v) is 3.75. The van der Waals surface area contributed by atoms with Crippen molar-refractivity contribution in [1.29, 1.82) is 0 Å². The number of amides is 2. The molecule has 2 aromatic carbocycles. The van der Waals surface area contributed by atoms with E-state index in [0.29, 0.717) is 11.3 Å². The number of hydrogen-bond donors (Lipinski definition) is 2. The van der Waals surface area contributed by atoms with Crippen LogP contribution in [0.15, 0.2) is 66.7 Å². The van der Waals surface area contributed by atoms with E-state index in [1.54, 1.807) is 13.0 Å². The van der Waals surface area contributed by atoms with Crippen molar-refractivity contribution in [3.63, 3.8) is 0 Å². The van der Waals surface area contributed by atoms with Crippen molar-refractivity contribution in [2.45, 2.75) is 19.8 Å². The van der Waals surface area contributed by atoms with Gasteiger partial charge >= 0.3 is 0 Å². The van der Waals surface area contributed by atoms with Crippen LogP contribution in [-0.2, 0) is 11.2 Å². The van der Waals surface area contributed by atoms with Gasteiger partial charge in [0.25, 0.3) is 11.8 Å². The lowest BCUT2D eigenvalue weighted by atomic mass is 10.0. The molecule has 2 heterocycles. The van der Waals surface area contributed by atoms with E-state index in [1.165, 1.54) is 5.56 Å². The standard InChI is InChI=1S/C24H24N4O2/c1-17-20(13-14-21(25-17)18-8-3-2-4-9-18)24(30)27-26-23(29)16-28-15-7-11-19-10-5-6-12-22(19)28/h2-6,8-10,12-14H,7,11,15-16H2,1H3,(H,26,29)(H,27,30). The van der Waals surface area contributed by atoms with Gasteiger partial charge in [-0.25, -0.2) is 0 Å². The summed E-state index contributed by atoms with van der Waals surface area (Å²) in [6.07, 6.45) is 2.03. The van der Waals surface area contributed by atoms with Gasteiger partial charge < -0.3 is 4.90 Å². The van der Waals surface area contributed by atoms with Crippen LogP contribution in [0.1, 0.15) is 28.0 Å². The molecule has 2 amide bonds. The van der Waals surface area contributed by atoms with E-state index < -0.39 is 0 Å². The molecular weight excluding hydrogens is 376 g/mol. The van der Waals surface area contributed by atoms with Crippen molar-refractivity contribution in [3.8, 4) is 11.3 Å². The third kappa shape index (κ3) is 4.33. The Balaban J connectivity index is 1.36. The largest absolute Gasteiger partial charge is 0.362 e. The summed E-state index contributed by atoms with van der Waals surface area (Å²) in [6, 6.07) is 21.4. The summed E-state index contributed by atoms with van der Waals surface area (Å²) in [6.45, 7) is 2.80. The Kier molecular flexibility index (Phi) is 5.75. The van der Waals surface area contributed by atoms with Gasteiger partial charge in [-0.1, -0.05) is 48.5 Å². The van der Waals surface area contributed by atoms with E-state index in [4.69, 9.17) is 0 Å². The zero-order valence-corrected chi connectivity index (χ0v) is 16.9. The molecule has 4 rings (SSSR count). The predicted molar refractivity (Wildman–Crippen MR) is 117 cm³/mol. The van der Waals surface area contributed by atoms with Crippen LogP contribution in [-0.4, -0.2) is 29.9 Å². The maximum absolute atomic E-state index is 12.5. The number of carbonyl (C=O) groups excluding carboxylic acids is 2. The van der Waals surface area contributed by atoms with Gasteiger partial charge in [-0.3, -0.25) is 25.4 Å². The van der Waals surface area contributed by atoms with Gasteiger partial charge in [-0.2, -0.15) is 0 Å². The molecule has 1 aromatic heterocycles. The normalized spacial score (nSPS) is 12.8. The maximum Gasteiger partial charge on any atom is 0.271 e. The third-order valence-corrected chi connectivity index (χ3v) is 5.26. The highest BCUT2D eigenvalue weighted by molar-refractivity contribution is 5.97. The molecule has 0 bridgehead atoms. The highest BCUT2D eigenvalue weighted by Gasteiger charge is 2.19. The predicted octanol–water partition coefficient (Wildman–Crippen LogP) is 3.27. The maximum atomic E-state index is 12.5. The molecule has 0 unspecified atom stereocenters. The summed E-state index contributed by atoms with van der Waals surface area (Å²) in [7, 11) is 0. The summed E-state index contributed by atoms with van der Waals surface area (Å²) in [5.41, 5.74) is 10.2. The molecule has 0 spiro atoms. The molecule has 30 heavy (non-hydrogen) atoms. The molecule has 6 heteroatoms. The Hall–Kier alpha value is -3.67. The van der Waals surface area contributed by atoms with Crippen molar-refractivity contribution in [3.05, 3.63) is 83.6 Å². The molecule has 2 N–H and O–H groups in total. The first kappa shape index (κ1) is 19.6. The van der Waals surface area contributed by atoms with Crippen LogP contribution in [0.25, 0.3) is 11.3 Å². The second kappa shape index (κ2) is 8.78. The van der Waals surface area contributed by atoms with Crippen LogP contribution < -0.4 is 15.8 Å². The summed E-state index contributed by atoms with van der Waals surface area (Å²) in [5, 5.41) is 0. The van der Waals surface area contributed by atoms with E-state index in [-0.39, 0.29) is 18.4 Å². The Morgan fingerprint density at radius 1 is 0.967 bits per heavy atom. The minimum Gasteiger partial charge on any atom is -0.362 e. The number of aryl methyl sites for hydroxylation is 2. The van der Waals surface area contributed by atoms with E-state index in [0.717, 1.165) is 36.3 Å². The Morgan fingerprint density at radius 3 is 2.53 bits per heavy atom. The summed E-state index contributed by atoms with van der Waals surface area (Å²) in [5.74, 6) is -0.640. The van der Waals surface area contributed by atoms with E-state index in [1.807, 2.05) is 59.5 Å². The van der Waals surface area contributed by atoms with Crippen LogP contribution in [0, 0.1) is 6.92 Å². The fraction of sp³-hybridized carbons (Fsp3) is 0.208. The molecule has 0 atom stereocenters. The first-order valence-corrected chi connectivity index (χ1v) is 10.1. The lowest BCUT2D eigenvalue weighted by Gasteiger charge is -2.30.